The fourth-order valence-electron chi connectivity index (χ4n) is 3.51. The van der Waals surface area contributed by atoms with E-state index in [1.54, 1.807) is 0 Å². The number of benzene rings is 2. The summed E-state index contributed by atoms with van der Waals surface area (Å²) < 4.78 is 0. The van der Waals surface area contributed by atoms with Gasteiger partial charge in [0, 0.05) is 43.1 Å². The smallest absolute Gasteiger partial charge is 0.265 e. The molecule has 2 amide bonds. The van der Waals surface area contributed by atoms with Crippen molar-refractivity contribution < 1.29 is 9.59 Å². The molecule has 0 spiro atoms. The van der Waals surface area contributed by atoms with Gasteiger partial charge in [-0.15, -0.1) is 11.3 Å². The Balaban J connectivity index is 1.34. The van der Waals surface area contributed by atoms with Gasteiger partial charge in [-0.05, 0) is 54.3 Å². The molecule has 6 heteroatoms. The lowest BCUT2D eigenvalue weighted by atomic mass is 10.1. The van der Waals surface area contributed by atoms with E-state index in [9.17, 15) is 9.59 Å². The Morgan fingerprint density at radius 2 is 1.62 bits per heavy atom. The number of amides is 2. The Hall–Kier alpha value is -3.12. The predicted octanol–water partition coefficient (Wildman–Crippen LogP) is 4.27. The minimum Gasteiger partial charge on any atom is -0.368 e. The lowest BCUT2D eigenvalue weighted by Gasteiger charge is -2.36. The third-order valence-corrected chi connectivity index (χ3v) is 6.05. The maximum Gasteiger partial charge on any atom is 0.265 e. The second kappa shape index (κ2) is 8.49. The Morgan fingerprint density at radius 3 is 2.28 bits per heavy atom. The van der Waals surface area contributed by atoms with E-state index in [1.807, 2.05) is 77.9 Å². The molecule has 0 radical (unpaired) electrons. The molecule has 1 N–H and O–H groups in total. The van der Waals surface area contributed by atoms with Crippen LogP contribution in [-0.2, 0) is 0 Å². The molecule has 3 aromatic rings. The summed E-state index contributed by atoms with van der Waals surface area (Å²) in [6.45, 7) is 4.95. The molecule has 0 atom stereocenters. The number of nitrogens with zero attached hydrogens (tertiary/aromatic N) is 2. The van der Waals surface area contributed by atoms with Crippen LogP contribution in [0.2, 0.25) is 0 Å². The lowest BCUT2D eigenvalue weighted by Crippen LogP contribution is -2.48. The van der Waals surface area contributed by atoms with Crippen LogP contribution in [0.4, 0.5) is 11.4 Å². The molecule has 148 valence electrons. The van der Waals surface area contributed by atoms with Crippen LogP contribution in [0.1, 0.15) is 25.6 Å². The second-order valence-corrected chi connectivity index (χ2v) is 8.02. The van der Waals surface area contributed by atoms with Crippen molar-refractivity contribution in [2.75, 3.05) is 36.4 Å². The molecule has 0 aliphatic carbocycles. The number of hydrogen-bond donors (Lipinski definition) is 1. The van der Waals surface area contributed by atoms with Crippen molar-refractivity contribution >= 4 is 34.5 Å². The van der Waals surface area contributed by atoms with E-state index in [0.29, 0.717) is 18.0 Å². The highest BCUT2D eigenvalue weighted by Crippen LogP contribution is 2.21. The fourth-order valence-corrected chi connectivity index (χ4v) is 4.13. The average Bonchev–Trinajstić information content (AvgIpc) is 3.30. The summed E-state index contributed by atoms with van der Waals surface area (Å²) >= 11 is 1.43. The third-order valence-electron chi connectivity index (χ3n) is 5.18. The van der Waals surface area contributed by atoms with Crippen molar-refractivity contribution in [3.8, 4) is 0 Å². The highest BCUT2D eigenvalue weighted by atomic mass is 32.1. The Kier molecular flexibility index (Phi) is 5.62. The first kappa shape index (κ1) is 19.2. The summed E-state index contributed by atoms with van der Waals surface area (Å²) in [6, 6.07) is 19.3. The van der Waals surface area contributed by atoms with Gasteiger partial charge in [-0.3, -0.25) is 9.59 Å². The Morgan fingerprint density at radius 1 is 0.897 bits per heavy atom. The number of hydrogen-bond acceptors (Lipinski definition) is 4. The normalized spacial score (nSPS) is 14.0. The van der Waals surface area contributed by atoms with Crippen molar-refractivity contribution in [1.29, 1.82) is 0 Å². The van der Waals surface area contributed by atoms with Crippen molar-refractivity contribution in [2.24, 2.45) is 0 Å². The predicted molar refractivity (Wildman–Crippen MR) is 118 cm³/mol. The van der Waals surface area contributed by atoms with Crippen LogP contribution < -0.4 is 10.2 Å². The summed E-state index contributed by atoms with van der Waals surface area (Å²) in [5.41, 5.74) is 3.68. The lowest BCUT2D eigenvalue weighted by molar-refractivity contribution is 0.0746. The zero-order valence-corrected chi connectivity index (χ0v) is 17.1. The molecule has 5 nitrogen and oxygen atoms in total. The van der Waals surface area contributed by atoms with Gasteiger partial charge in [-0.2, -0.15) is 0 Å². The Labute approximate surface area is 174 Å². The van der Waals surface area contributed by atoms with Crippen molar-refractivity contribution in [3.63, 3.8) is 0 Å². The second-order valence-electron chi connectivity index (χ2n) is 7.07. The van der Waals surface area contributed by atoms with Crippen LogP contribution in [0.3, 0.4) is 0 Å². The van der Waals surface area contributed by atoms with Gasteiger partial charge in [0.1, 0.15) is 0 Å². The third kappa shape index (κ3) is 4.32. The molecule has 0 saturated carbocycles. The summed E-state index contributed by atoms with van der Waals surface area (Å²) in [5, 5.41) is 4.81. The largest absolute Gasteiger partial charge is 0.368 e. The summed E-state index contributed by atoms with van der Waals surface area (Å²) in [4.78, 5) is 29.8. The highest BCUT2D eigenvalue weighted by molar-refractivity contribution is 7.12. The number of carbonyl (C=O) groups excluding carboxylic acids is 2. The molecule has 1 aliphatic heterocycles. The molecule has 1 fully saturated rings. The van der Waals surface area contributed by atoms with Gasteiger partial charge in [-0.1, -0.05) is 24.3 Å². The SMILES string of the molecule is Cc1ccccc1C(=O)N1CCN(c2ccc(NC(=O)c3cccs3)cc2)CC1. The number of aryl methyl sites for hydroxylation is 1. The molecule has 2 heterocycles. The minimum atomic E-state index is -0.0870. The number of rotatable bonds is 4. The maximum atomic E-state index is 12.8. The van der Waals surface area contributed by atoms with E-state index >= 15 is 0 Å². The van der Waals surface area contributed by atoms with Gasteiger partial charge < -0.3 is 15.1 Å². The number of piperazine rings is 1. The van der Waals surface area contributed by atoms with Gasteiger partial charge in [-0.25, -0.2) is 0 Å². The van der Waals surface area contributed by atoms with Crippen LogP contribution in [-0.4, -0.2) is 42.9 Å². The number of thiophene rings is 1. The van der Waals surface area contributed by atoms with Gasteiger partial charge >= 0.3 is 0 Å². The first-order chi connectivity index (χ1) is 14.1. The van der Waals surface area contributed by atoms with Crippen LogP contribution >= 0.6 is 11.3 Å². The summed E-state index contributed by atoms with van der Waals surface area (Å²) in [5.74, 6) is 0.0190. The van der Waals surface area contributed by atoms with E-state index in [-0.39, 0.29) is 11.8 Å². The monoisotopic (exact) mass is 405 g/mol. The molecule has 0 unspecified atom stereocenters. The van der Waals surface area contributed by atoms with Gasteiger partial charge in [0.25, 0.3) is 11.8 Å². The first-order valence-corrected chi connectivity index (χ1v) is 10.5. The minimum absolute atomic E-state index is 0.0870. The van der Waals surface area contributed by atoms with Crippen LogP contribution in [0, 0.1) is 6.92 Å². The van der Waals surface area contributed by atoms with E-state index in [0.717, 1.165) is 35.6 Å². The molecular weight excluding hydrogens is 382 g/mol. The topological polar surface area (TPSA) is 52.7 Å². The maximum absolute atomic E-state index is 12.8. The molecule has 0 bridgehead atoms. The van der Waals surface area contributed by atoms with Crippen molar-refractivity contribution in [2.45, 2.75) is 6.92 Å². The van der Waals surface area contributed by atoms with Crippen molar-refractivity contribution in [1.82, 2.24) is 4.90 Å². The number of carbonyl (C=O) groups is 2. The number of anilines is 2. The van der Waals surface area contributed by atoms with E-state index < -0.39 is 0 Å². The average molecular weight is 406 g/mol. The van der Waals surface area contributed by atoms with Crippen LogP contribution in [0.15, 0.2) is 66.0 Å². The molecule has 4 rings (SSSR count). The van der Waals surface area contributed by atoms with E-state index in [4.69, 9.17) is 0 Å². The zero-order chi connectivity index (χ0) is 20.2. The van der Waals surface area contributed by atoms with E-state index in [1.165, 1.54) is 11.3 Å². The quantitative estimate of drug-likeness (QED) is 0.705. The van der Waals surface area contributed by atoms with Crippen LogP contribution in [0.5, 0.6) is 0 Å². The van der Waals surface area contributed by atoms with Gasteiger partial charge in [0.15, 0.2) is 0 Å². The standard InChI is InChI=1S/C23H23N3O2S/c1-17-5-2-3-6-20(17)23(28)26-14-12-25(13-15-26)19-10-8-18(9-11-19)24-22(27)21-7-4-16-29-21/h2-11,16H,12-15H2,1H3,(H,24,27). The molecule has 2 aromatic carbocycles. The molecule has 1 saturated heterocycles. The highest BCUT2D eigenvalue weighted by Gasteiger charge is 2.23. The Bertz CT molecular complexity index is 991. The molecule has 1 aliphatic rings. The molecule has 29 heavy (non-hydrogen) atoms. The van der Waals surface area contributed by atoms with Gasteiger partial charge in [0.2, 0.25) is 0 Å². The first-order valence-electron chi connectivity index (χ1n) is 9.66. The fraction of sp³-hybridized carbons (Fsp3) is 0.217. The van der Waals surface area contributed by atoms with Gasteiger partial charge in [0.05, 0.1) is 4.88 Å². The molecule has 1 aromatic heterocycles. The van der Waals surface area contributed by atoms with Crippen LogP contribution in [0.25, 0.3) is 0 Å². The number of nitrogens with one attached hydrogen (secondary N) is 1. The molecular formula is C23H23N3O2S. The van der Waals surface area contributed by atoms with Crippen molar-refractivity contribution in [3.05, 3.63) is 82.0 Å². The summed E-state index contributed by atoms with van der Waals surface area (Å²) in [7, 11) is 0. The van der Waals surface area contributed by atoms with E-state index in [2.05, 4.69) is 10.2 Å². The summed E-state index contributed by atoms with van der Waals surface area (Å²) in [6.07, 6.45) is 0. The zero-order valence-electron chi connectivity index (χ0n) is 16.3.